The van der Waals surface area contributed by atoms with E-state index in [0.717, 1.165) is 154 Å². The minimum absolute atomic E-state index is 0.0312. The minimum atomic E-state index is -5.00. The molecule has 0 aromatic heterocycles. The molecular weight excluding hydrogens is 1380 g/mol. The molecule has 106 heavy (non-hydrogen) atoms. The zero-order valence-electron chi connectivity index (χ0n) is 66.8. The molecule has 0 aliphatic carbocycles. The van der Waals surface area contributed by atoms with Crippen LogP contribution in [0.25, 0.3) is 0 Å². The maximum Gasteiger partial charge on any atom is 0.472 e. The van der Waals surface area contributed by atoms with E-state index in [-0.39, 0.29) is 25.7 Å². The molecular formula is C87H150O17P2. The molecule has 0 radical (unpaired) electrons. The molecule has 3 N–H and O–H groups in total. The van der Waals surface area contributed by atoms with E-state index < -0.39 is 97.5 Å². The van der Waals surface area contributed by atoms with Gasteiger partial charge in [-0.25, -0.2) is 9.13 Å². The molecule has 5 unspecified atom stereocenters. The first-order valence-electron chi connectivity index (χ1n) is 41.8. The Bertz CT molecular complexity index is 2480. The predicted molar refractivity (Wildman–Crippen MR) is 436 cm³/mol. The number of aliphatic hydroxyl groups is 1. The Balaban J connectivity index is 5.44. The van der Waals surface area contributed by atoms with Gasteiger partial charge in [-0.1, -0.05) is 316 Å². The second-order valence-corrected chi connectivity index (χ2v) is 30.6. The van der Waals surface area contributed by atoms with Crippen molar-refractivity contribution in [3.05, 3.63) is 122 Å². The average molecular weight is 1530 g/mol. The van der Waals surface area contributed by atoms with Gasteiger partial charge in [-0.3, -0.25) is 37.3 Å². The summed E-state index contributed by atoms with van der Waals surface area (Å²) in [5.74, 6) is -2.28. The first kappa shape index (κ1) is 101. The summed E-state index contributed by atoms with van der Waals surface area (Å²) in [7, 11) is -9.98. The Morgan fingerprint density at radius 1 is 0.274 bits per heavy atom. The van der Waals surface area contributed by atoms with E-state index in [0.29, 0.717) is 32.1 Å². The second-order valence-electron chi connectivity index (χ2n) is 27.7. The summed E-state index contributed by atoms with van der Waals surface area (Å²) in [4.78, 5) is 73.1. The molecule has 0 heterocycles. The number of hydrogen-bond acceptors (Lipinski definition) is 15. The highest BCUT2D eigenvalue weighted by Gasteiger charge is 2.30. The van der Waals surface area contributed by atoms with E-state index >= 15 is 0 Å². The summed E-state index contributed by atoms with van der Waals surface area (Å²) in [6.07, 6.45) is 87.5. The van der Waals surface area contributed by atoms with Crippen LogP contribution in [-0.4, -0.2) is 96.7 Å². The number of hydrogen-bond donors (Lipinski definition) is 3. The Kier molecular flexibility index (Phi) is 75.2. The third-order valence-corrected chi connectivity index (χ3v) is 19.3. The predicted octanol–water partition coefficient (Wildman–Crippen LogP) is 24.7. The summed E-state index contributed by atoms with van der Waals surface area (Å²) in [6, 6.07) is 0. The smallest absolute Gasteiger partial charge is 0.462 e. The monoisotopic (exact) mass is 1530 g/mol. The van der Waals surface area contributed by atoms with Crippen LogP contribution in [0.2, 0.25) is 0 Å². The summed E-state index contributed by atoms with van der Waals surface area (Å²) in [6.45, 7) is 4.66. The normalized spacial score (nSPS) is 14.4. The Labute approximate surface area is 644 Å². The quantitative estimate of drug-likeness (QED) is 0.0169. The number of esters is 4. The number of allylic oxidation sites excluding steroid dienone is 20. The molecule has 0 fully saturated rings. The Morgan fingerprint density at radius 2 is 0.509 bits per heavy atom. The molecule has 0 bridgehead atoms. The van der Waals surface area contributed by atoms with Crippen LogP contribution in [0.4, 0.5) is 0 Å². The standard InChI is InChI=1S/C87H150O17P2/c1-5-9-13-17-21-25-29-33-36-38-40-42-45-49-52-56-60-64-68-72-85(90)98-78-83(104-87(92)74-70-66-62-58-54-50-46-43-41-39-37-34-30-26-22-18-14-10-6-2)80-102-106(95,96)100-76-81(88)75-99-105(93,94)101-79-82(103-86(91)73-69-65-61-57-53-47-32-28-24-20-16-12-8-4)77-97-84(89)71-67-63-59-55-51-48-44-35-31-27-23-19-15-11-7-3/h9,13,21-22,25-26,33-37,40-44,49,52,60,64,81-83,88H,5-8,10-12,14-20,23-24,27-32,38-39,45-48,50-51,53-59,61-63,65-80H2,1-4H3,(H,93,94)(H,95,96)/b13-9-,25-21-,26-22-,36-33-,37-34-,42-40-,43-41-,44-35-,52-49-,64-60-. The molecule has 0 aliphatic heterocycles. The number of unbranched alkanes of at least 4 members (excludes halogenated alkanes) is 32. The van der Waals surface area contributed by atoms with Gasteiger partial charge in [0.05, 0.1) is 26.4 Å². The first-order chi connectivity index (χ1) is 51.7. The number of phosphoric acid groups is 2. The van der Waals surface area contributed by atoms with Gasteiger partial charge in [-0.05, 0) is 128 Å². The molecule has 0 aliphatic rings. The Hall–Kier alpha value is -4.54. The third-order valence-electron chi connectivity index (χ3n) is 17.4. The SMILES string of the molecule is CC/C=C\C/C=C\C/C=C\C/C=C\C/C=C\C/C=C\CCC(=O)OCC(COP(=O)(O)OCC(O)COP(=O)(O)OCC(COC(=O)CCCCCCC/C=C\CCCCCCCC)OC(=O)CCCCCCCCCCCCCCC)OC(=O)CCCCCCCC/C=C\C/C=C\C/C=C\CCCCC. The van der Waals surface area contributed by atoms with Crippen LogP contribution >= 0.6 is 15.6 Å². The van der Waals surface area contributed by atoms with Crippen LogP contribution in [0.3, 0.4) is 0 Å². The van der Waals surface area contributed by atoms with Crippen molar-refractivity contribution in [1.29, 1.82) is 0 Å². The lowest BCUT2D eigenvalue weighted by molar-refractivity contribution is -0.161. The van der Waals surface area contributed by atoms with Crippen LogP contribution in [0.1, 0.15) is 349 Å². The van der Waals surface area contributed by atoms with Crippen LogP contribution in [-0.2, 0) is 65.4 Å². The van der Waals surface area contributed by atoms with Gasteiger partial charge in [-0.2, -0.15) is 0 Å². The van der Waals surface area contributed by atoms with Gasteiger partial charge in [0.2, 0.25) is 0 Å². The maximum atomic E-state index is 13.1. The van der Waals surface area contributed by atoms with Gasteiger partial charge in [0.1, 0.15) is 19.3 Å². The van der Waals surface area contributed by atoms with E-state index in [1.807, 2.05) is 18.2 Å². The molecule has 0 spiro atoms. The van der Waals surface area contributed by atoms with Crippen LogP contribution in [0.15, 0.2) is 122 Å². The number of phosphoric ester groups is 2. The van der Waals surface area contributed by atoms with E-state index in [4.69, 9.17) is 37.0 Å². The van der Waals surface area contributed by atoms with Crippen molar-refractivity contribution in [1.82, 2.24) is 0 Å². The number of aliphatic hydroxyl groups excluding tert-OH is 1. The fraction of sp³-hybridized carbons (Fsp3) is 0.724. The van der Waals surface area contributed by atoms with Crippen molar-refractivity contribution in [3.63, 3.8) is 0 Å². The fourth-order valence-corrected chi connectivity index (χ4v) is 12.7. The largest absolute Gasteiger partial charge is 0.472 e. The molecule has 17 nitrogen and oxygen atoms in total. The number of rotatable bonds is 78. The lowest BCUT2D eigenvalue weighted by Gasteiger charge is -2.21. The number of ether oxygens (including phenoxy) is 4. The molecule has 19 heteroatoms. The van der Waals surface area contributed by atoms with Gasteiger partial charge in [0.25, 0.3) is 0 Å². The molecule has 0 aromatic carbocycles. The van der Waals surface area contributed by atoms with Gasteiger partial charge >= 0.3 is 39.5 Å². The van der Waals surface area contributed by atoms with E-state index in [9.17, 15) is 43.2 Å². The topological polar surface area (TPSA) is 237 Å². The molecule has 0 amide bonds. The third kappa shape index (κ3) is 77.6. The Morgan fingerprint density at radius 3 is 0.840 bits per heavy atom. The highest BCUT2D eigenvalue weighted by molar-refractivity contribution is 7.47. The van der Waals surface area contributed by atoms with Gasteiger partial charge in [0.15, 0.2) is 12.2 Å². The molecule has 5 atom stereocenters. The number of carbonyl (C=O) groups excluding carboxylic acids is 4. The molecule has 610 valence electrons. The zero-order chi connectivity index (χ0) is 77.4. The number of carbonyl (C=O) groups is 4. The molecule has 0 rings (SSSR count). The van der Waals surface area contributed by atoms with Crippen molar-refractivity contribution >= 4 is 39.5 Å². The summed E-state index contributed by atoms with van der Waals surface area (Å²) >= 11 is 0. The summed E-state index contributed by atoms with van der Waals surface area (Å²) < 4.78 is 68.6. The zero-order valence-corrected chi connectivity index (χ0v) is 68.6. The summed E-state index contributed by atoms with van der Waals surface area (Å²) in [5, 5.41) is 10.7. The van der Waals surface area contributed by atoms with Gasteiger partial charge < -0.3 is 33.8 Å². The van der Waals surface area contributed by atoms with Crippen molar-refractivity contribution in [2.75, 3.05) is 39.6 Å². The van der Waals surface area contributed by atoms with Gasteiger partial charge in [0, 0.05) is 25.7 Å². The van der Waals surface area contributed by atoms with Crippen molar-refractivity contribution < 1.29 is 80.2 Å². The molecule has 0 aromatic rings. The summed E-state index contributed by atoms with van der Waals surface area (Å²) in [5.41, 5.74) is 0. The van der Waals surface area contributed by atoms with Gasteiger partial charge in [-0.15, -0.1) is 0 Å². The molecule has 0 saturated heterocycles. The van der Waals surface area contributed by atoms with Crippen LogP contribution in [0, 0.1) is 0 Å². The van der Waals surface area contributed by atoms with E-state index in [1.54, 1.807) is 0 Å². The molecule has 0 saturated carbocycles. The highest BCUT2D eigenvalue weighted by atomic mass is 31.2. The van der Waals surface area contributed by atoms with E-state index in [2.05, 4.69) is 131 Å². The second kappa shape index (κ2) is 78.6. The minimum Gasteiger partial charge on any atom is -0.462 e. The van der Waals surface area contributed by atoms with Crippen molar-refractivity contribution in [2.45, 2.75) is 367 Å². The average Bonchev–Trinajstić information content (AvgIpc) is 0.903. The van der Waals surface area contributed by atoms with E-state index in [1.165, 1.54) is 109 Å². The lowest BCUT2D eigenvalue weighted by atomic mass is 10.0. The fourth-order valence-electron chi connectivity index (χ4n) is 11.1. The maximum absolute atomic E-state index is 13.1. The first-order valence-corrected chi connectivity index (χ1v) is 44.8. The van der Waals surface area contributed by atoms with Crippen LogP contribution in [0.5, 0.6) is 0 Å². The highest BCUT2D eigenvalue weighted by Crippen LogP contribution is 2.45. The van der Waals surface area contributed by atoms with Crippen molar-refractivity contribution in [3.8, 4) is 0 Å². The van der Waals surface area contributed by atoms with Crippen molar-refractivity contribution in [2.24, 2.45) is 0 Å². The van der Waals surface area contributed by atoms with Crippen LogP contribution < -0.4 is 0 Å². The lowest BCUT2D eigenvalue weighted by Crippen LogP contribution is -2.30.